The van der Waals surface area contributed by atoms with Crippen LogP contribution in [-0.4, -0.2) is 30.3 Å². The van der Waals surface area contributed by atoms with Gasteiger partial charge < -0.3 is 0 Å². The van der Waals surface area contributed by atoms with Crippen LogP contribution in [0.3, 0.4) is 0 Å². The van der Waals surface area contributed by atoms with Crippen LogP contribution >= 0.6 is 0 Å². The monoisotopic (exact) mass is 211 g/mol. The quantitative estimate of drug-likeness (QED) is 0.454. The second kappa shape index (κ2) is 6.78. The highest BCUT2D eigenvalue weighted by molar-refractivity contribution is 5.88. The number of carbonyl (C=O) groups is 1. The van der Waals surface area contributed by atoms with Crippen molar-refractivity contribution >= 4 is 5.78 Å². The van der Waals surface area contributed by atoms with Gasteiger partial charge in [-0.1, -0.05) is 19.9 Å². The highest BCUT2D eigenvalue weighted by Crippen LogP contribution is 2.24. The number of Topliss-reactive ketones (excluding diaryl/α,β-unsaturated/α-hetero) is 1. The first kappa shape index (κ1) is 14.4. The lowest BCUT2D eigenvalue weighted by Gasteiger charge is -2.37. The molecule has 0 rings (SSSR count). The fraction of sp³-hybridized carbons (Fsp3) is 0.769. The third kappa shape index (κ3) is 3.45. The molecule has 0 N–H and O–H groups in total. The van der Waals surface area contributed by atoms with E-state index in [4.69, 9.17) is 0 Å². The number of hydrogen-bond acceptors (Lipinski definition) is 2. The average molecular weight is 211 g/mol. The SMILES string of the molecule is C=CCCCC(=O)C(CC)(CC)N(C)C. The van der Waals surface area contributed by atoms with Gasteiger partial charge in [0.05, 0.1) is 5.54 Å². The van der Waals surface area contributed by atoms with E-state index in [1.165, 1.54) is 0 Å². The molecular weight excluding hydrogens is 186 g/mol. The summed E-state index contributed by atoms with van der Waals surface area (Å²) in [4.78, 5) is 14.2. The molecule has 2 heteroatoms. The van der Waals surface area contributed by atoms with Crippen molar-refractivity contribution in [3.8, 4) is 0 Å². The molecule has 0 aliphatic heterocycles. The predicted molar refractivity (Wildman–Crippen MR) is 66.1 cm³/mol. The van der Waals surface area contributed by atoms with Crippen molar-refractivity contribution < 1.29 is 4.79 Å². The second-order valence-electron chi connectivity index (χ2n) is 4.24. The average Bonchev–Trinajstić information content (AvgIpc) is 2.20. The van der Waals surface area contributed by atoms with E-state index in [1.807, 2.05) is 20.2 Å². The van der Waals surface area contributed by atoms with Gasteiger partial charge in [-0.05, 0) is 39.8 Å². The first-order valence-corrected chi connectivity index (χ1v) is 5.86. The molecule has 0 heterocycles. The molecular formula is C13H25NO. The maximum Gasteiger partial charge on any atom is 0.153 e. The molecule has 88 valence electrons. The number of rotatable bonds is 8. The summed E-state index contributed by atoms with van der Waals surface area (Å²) < 4.78 is 0. The Bertz CT molecular complexity index is 205. The summed E-state index contributed by atoms with van der Waals surface area (Å²) in [6, 6.07) is 0. The highest BCUT2D eigenvalue weighted by Gasteiger charge is 2.35. The van der Waals surface area contributed by atoms with Crippen molar-refractivity contribution in [2.24, 2.45) is 0 Å². The van der Waals surface area contributed by atoms with Gasteiger partial charge in [-0.25, -0.2) is 0 Å². The van der Waals surface area contributed by atoms with Crippen molar-refractivity contribution in [2.45, 2.75) is 51.5 Å². The van der Waals surface area contributed by atoms with E-state index >= 15 is 0 Å². The van der Waals surface area contributed by atoms with Gasteiger partial charge in [0.15, 0.2) is 5.78 Å². The van der Waals surface area contributed by atoms with Crippen LogP contribution in [0.25, 0.3) is 0 Å². The molecule has 2 nitrogen and oxygen atoms in total. The van der Waals surface area contributed by atoms with Gasteiger partial charge >= 0.3 is 0 Å². The Morgan fingerprint density at radius 1 is 1.33 bits per heavy atom. The summed E-state index contributed by atoms with van der Waals surface area (Å²) in [6.07, 6.45) is 6.20. The van der Waals surface area contributed by atoms with E-state index in [0.29, 0.717) is 12.2 Å². The van der Waals surface area contributed by atoms with Crippen molar-refractivity contribution in [1.29, 1.82) is 0 Å². The Morgan fingerprint density at radius 3 is 2.20 bits per heavy atom. The van der Waals surface area contributed by atoms with Crippen molar-refractivity contribution in [1.82, 2.24) is 4.90 Å². The van der Waals surface area contributed by atoms with E-state index in [0.717, 1.165) is 25.7 Å². The summed E-state index contributed by atoms with van der Waals surface area (Å²) >= 11 is 0. The highest BCUT2D eigenvalue weighted by atomic mass is 16.1. The fourth-order valence-electron chi connectivity index (χ4n) is 2.17. The van der Waals surface area contributed by atoms with Crippen LogP contribution in [0, 0.1) is 0 Å². The standard InChI is InChI=1S/C13H25NO/c1-6-9-10-11-12(15)13(7-2,8-3)14(4)5/h6H,1,7-11H2,2-5H3. The zero-order valence-electron chi connectivity index (χ0n) is 10.7. The molecule has 0 amide bonds. The molecule has 0 spiro atoms. The first-order valence-electron chi connectivity index (χ1n) is 5.86. The van der Waals surface area contributed by atoms with Crippen LogP contribution in [0.1, 0.15) is 46.0 Å². The van der Waals surface area contributed by atoms with E-state index < -0.39 is 0 Å². The van der Waals surface area contributed by atoms with E-state index in [9.17, 15) is 4.79 Å². The lowest BCUT2D eigenvalue weighted by Crippen LogP contribution is -2.50. The van der Waals surface area contributed by atoms with Gasteiger partial charge in [0.1, 0.15) is 0 Å². The van der Waals surface area contributed by atoms with Gasteiger partial charge in [0, 0.05) is 6.42 Å². The molecule has 0 aromatic rings. The number of allylic oxidation sites excluding steroid dienone is 1. The number of hydrogen-bond donors (Lipinski definition) is 0. The molecule has 0 saturated carbocycles. The molecule has 0 aliphatic carbocycles. The summed E-state index contributed by atoms with van der Waals surface area (Å²) in [5.74, 6) is 0.374. The zero-order chi connectivity index (χ0) is 11.9. The maximum absolute atomic E-state index is 12.2. The van der Waals surface area contributed by atoms with Crippen LogP contribution in [0.5, 0.6) is 0 Å². The largest absolute Gasteiger partial charge is 0.298 e. The van der Waals surface area contributed by atoms with E-state index in [-0.39, 0.29) is 5.54 Å². The van der Waals surface area contributed by atoms with Crippen molar-refractivity contribution in [3.05, 3.63) is 12.7 Å². The van der Waals surface area contributed by atoms with Crippen molar-refractivity contribution in [3.63, 3.8) is 0 Å². The number of ketones is 1. The number of likely N-dealkylation sites (N-methyl/N-ethyl adjacent to an activating group) is 1. The van der Waals surface area contributed by atoms with Crippen LogP contribution < -0.4 is 0 Å². The number of carbonyl (C=O) groups excluding carboxylic acids is 1. The molecule has 0 atom stereocenters. The Morgan fingerprint density at radius 2 is 1.87 bits per heavy atom. The third-order valence-electron chi connectivity index (χ3n) is 3.36. The maximum atomic E-state index is 12.2. The molecule has 0 unspecified atom stereocenters. The molecule has 0 saturated heterocycles. The van der Waals surface area contributed by atoms with Crippen LogP contribution in [0.4, 0.5) is 0 Å². The number of nitrogens with zero attached hydrogens (tertiary/aromatic N) is 1. The number of unbranched alkanes of at least 4 members (excludes halogenated alkanes) is 1. The summed E-state index contributed by atoms with van der Waals surface area (Å²) in [5, 5.41) is 0. The van der Waals surface area contributed by atoms with Crippen molar-refractivity contribution in [2.75, 3.05) is 14.1 Å². The summed E-state index contributed by atoms with van der Waals surface area (Å²) in [7, 11) is 4.00. The zero-order valence-corrected chi connectivity index (χ0v) is 10.7. The minimum atomic E-state index is -0.249. The molecule has 15 heavy (non-hydrogen) atoms. The van der Waals surface area contributed by atoms with E-state index in [1.54, 1.807) is 0 Å². The van der Waals surface area contributed by atoms with E-state index in [2.05, 4.69) is 25.3 Å². The molecule has 0 aromatic heterocycles. The Balaban J connectivity index is 4.48. The minimum absolute atomic E-state index is 0.249. The lowest BCUT2D eigenvalue weighted by atomic mass is 9.84. The molecule has 0 radical (unpaired) electrons. The topological polar surface area (TPSA) is 20.3 Å². The van der Waals surface area contributed by atoms with Crippen LogP contribution in [0.2, 0.25) is 0 Å². The minimum Gasteiger partial charge on any atom is -0.298 e. The smallest absolute Gasteiger partial charge is 0.153 e. The van der Waals surface area contributed by atoms with Crippen LogP contribution in [-0.2, 0) is 4.79 Å². The molecule has 0 aliphatic rings. The fourth-order valence-corrected chi connectivity index (χ4v) is 2.17. The van der Waals surface area contributed by atoms with Gasteiger partial charge in [-0.3, -0.25) is 9.69 Å². The third-order valence-corrected chi connectivity index (χ3v) is 3.36. The summed E-state index contributed by atoms with van der Waals surface area (Å²) in [5.41, 5.74) is -0.249. The Labute approximate surface area is 94.4 Å². The predicted octanol–water partition coefficient (Wildman–Crippen LogP) is 3.03. The molecule has 0 bridgehead atoms. The van der Waals surface area contributed by atoms with Gasteiger partial charge in [0.2, 0.25) is 0 Å². The normalized spacial score (nSPS) is 11.8. The lowest BCUT2D eigenvalue weighted by molar-refractivity contribution is -0.130. The Hall–Kier alpha value is -0.630. The Kier molecular flexibility index (Phi) is 6.50. The van der Waals surface area contributed by atoms with Gasteiger partial charge in [-0.15, -0.1) is 6.58 Å². The van der Waals surface area contributed by atoms with Gasteiger partial charge in [-0.2, -0.15) is 0 Å². The molecule has 0 fully saturated rings. The second-order valence-corrected chi connectivity index (χ2v) is 4.24. The summed E-state index contributed by atoms with van der Waals surface area (Å²) in [6.45, 7) is 7.86. The van der Waals surface area contributed by atoms with Crippen LogP contribution in [0.15, 0.2) is 12.7 Å². The first-order chi connectivity index (χ1) is 7.05. The molecule has 0 aromatic carbocycles. The van der Waals surface area contributed by atoms with Gasteiger partial charge in [0.25, 0.3) is 0 Å².